The van der Waals surface area contributed by atoms with Gasteiger partial charge in [-0.15, -0.1) is 0 Å². The van der Waals surface area contributed by atoms with Crippen LogP contribution in [-0.4, -0.2) is 10.00 Å². The third kappa shape index (κ3) is 1.97. The van der Waals surface area contributed by atoms with Gasteiger partial charge in [-0.2, -0.15) is 11.8 Å². The van der Waals surface area contributed by atoms with Crippen molar-refractivity contribution in [3.63, 3.8) is 0 Å². The van der Waals surface area contributed by atoms with Crippen LogP contribution in [-0.2, 0) is 0 Å². The summed E-state index contributed by atoms with van der Waals surface area (Å²) in [5, 5.41) is 0.794. The van der Waals surface area contributed by atoms with E-state index >= 15 is 0 Å². The summed E-state index contributed by atoms with van der Waals surface area (Å²) in [6.45, 7) is 12.5. The molecule has 4 fully saturated rings. The van der Waals surface area contributed by atoms with Crippen molar-refractivity contribution in [3.8, 4) is 0 Å². The van der Waals surface area contributed by atoms with Crippen molar-refractivity contribution < 1.29 is 0 Å². The van der Waals surface area contributed by atoms with Gasteiger partial charge < -0.3 is 0 Å². The Morgan fingerprint density at radius 3 is 1.35 bits per heavy atom. The molecule has 0 amide bonds. The molecule has 0 nitrogen and oxygen atoms in total. The lowest BCUT2D eigenvalue weighted by Gasteiger charge is -2.69. The van der Waals surface area contributed by atoms with Crippen LogP contribution in [0.25, 0.3) is 0 Å². The highest BCUT2D eigenvalue weighted by Gasteiger charge is 2.64. The quantitative estimate of drug-likeness (QED) is 0.645. The first-order valence-electron chi connectivity index (χ1n) is 7.34. The van der Waals surface area contributed by atoms with Crippen molar-refractivity contribution in [2.45, 2.75) is 83.1 Å². The lowest BCUT2D eigenvalue weighted by Crippen LogP contribution is -2.60. The normalized spacial score (nSPS) is 56.8. The first-order valence-corrected chi connectivity index (χ1v) is 8.22. The molecule has 4 saturated carbocycles. The third-order valence-corrected chi connectivity index (χ3v) is 6.70. The summed E-state index contributed by atoms with van der Waals surface area (Å²) in [5.41, 5.74) is 1.96. The van der Waals surface area contributed by atoms with Gasteiger partial charge in [0.1, 0.15) is 0 Å². The van der Waals surface area contributed by atoms with E-state index in [0.29, 0.717) is 21.0 Å². The maximum Gasteiger partial charge on any atom is 0.0178 e. The molecular weight excluding hydrogens is 224 g/mol. The Bertz CT molecular complexity index is 290. The van der Waals surface area contributed by atoms with E-state index < -0.39 is 0 Å². The first-order chi connectivity index (χ1) is 7.66. The molecule has 0 radical (unpaired) electrons. The van der Waals surface area contributed by atoms with Crippen molar-refractivity contribution in [1.29, 1.82) is 0 Å². The minimum Gasteiger partial charge on any atom is -0.152 e. The molecule has 4 aliphatic rings. The topological polar surface area (TPSA) is 0 Å². The fourth-order valence-corrected chi connectivity index (χ4v) is 9.09. The van der Waals surface area contributed by atoms with Crippen LogP contribution in [0.15, 0.2) is 0 Å². The highest BCUT2D eigenvalue weighted by Crippen LogP contribution is 2.73. The minimum atomic E-state index is 0.626. The molecule has 98 valence electrons. The molecular formula is C16H28S. The van der Waals surface area contributed by atoms with Gasteiger partial charge in [-0.05, 0) is 60.0 Å². The van der Waals surface area contributed by atoms with E-state index in [1.807, 2.05) is 0 Å². The van der Waals surface area contributed by atoms with Crippen molar-refractivity contribution >= 4 is 11.8 Å². The fourth-order valence-electron chi connectivity index (χ4n) is 6.80. The Hall–Kier alpha value is 0.350. The average Bonchev–Trinajstić information content (AvgIpc) is 1.87. The van der Waals surface area contributed by atoms with Crippen LogP contribution in [0.2, 0.25) is 0 Å². The van der Waals surface area contributed by atoms with Gasteiger partial charge in [0.05, 0.1) is 0 Å². The summed E-state index contributed by atoms with van der Waals surface area (Å²) in [6.07, 6.45) is 8.97. The number of hydrogen-bond acceptors (Lipinski definition) is 1. The van der Waals surface area contributed by atoms with Gasteiger partial charge in [-0.25, -0.2) is 0 Å². The zero-order valence-electron chi connectivity index (χ0n) is 12.2. The number of thioether (sulfide) groups is 1. The standard InChI is InChI=1S/C16H28S/c1-12(2)17-16-9-13(3)6-14(4,10-16)8-15(5,7-13)11-16/h12H,6-11H2,1-5H3. The Morgan fingerprint density at radius 2 is 1.06 bits per heavy atom. The summed E-state index contributed by atoms with van der Waals surface area (Å²) in [6, 6.07) is 0. The van der Waals surface area contributed by atoms with E-state index in [9.17, 15) is 0 Å². The lowest BCUT2D eigenvalue weighted by molar-refractivity contribution is -0.123. The molecule has 0 unspecified atom stereocenters. The van der Waals surface area contributed by atoms with Gasteiger partial charge in [0.25, 0.3) is 0 Å². The second-order valence-corrected chi connectivity index (χ2v) is 10.9. The SMILES string of the molecule is CC(C)SC12CC3(C)CC(C)(CC(C)(C3)C1)C2. The Balaban J connectivity index is 1.98. The lowest BCUT2D eigenvalue weighted by atomic mass is 9.40. The van der Waals surface area contributed by atoms with Crippen molar-refractivity contribution in [1.82, 2.24) is 0 Å². The van der Waals surface area contributed by atoms with Crippen LogP contribution >= 0.6 is 11.8 Å². The monoisotopic (exact) mass is 252 g/mol. The van der Waals surface area contributed by atoms with Gasteiger partial charge in [0.2, 0.25) is 0 Å². The summed E-state index contributed by atoms with van der Waals surface area (Å²) >= 11 is 2.31. The molecule has 0 spiro atoms. The van der Waals surface area contributed by atoms with Crippen molar-refractivity contribution in [3.05, 3.63) is 0 Å². The Kier molecular flexibility index (Phi) is 2.38. The van der Waals surface area contributed by atoms with Crippen LogP contribution in [0.3, 0.4) is 0 Å². The molecule has 17 heavy (non-hydrogen) atoms. The van der Waals surface area contributed by atoms with Crippen LogP contribution in [0.5, 0.6) is 0 Å². The molecule has 0 atom stereocenters. The maximum atomic E-state index is 2.58. The largest absolute Gasteiger partial charge is 0.152 e. The molecule has 1 heteroatoms. The van der Waals surface area contributed by atoms with Gasteiger partial charge in [-0.1, -0.05) is 34.6 Å². The molecule has 0 aromatic carbocycles. The summed E-state index contributed by atoms with van der Waals surface area (Å²) in [7, 11) is 0. The van der Waals surface area contributed by atoms with Gasteiger partial charge in [0.15, 0.2) is 0 Å². The molecule has 0 N–H and O–H groups in total. The van der Waals surface area contributed by atoms with Crippen LogP contribution in [0, 0.1) is 16.2 Å². The van der Waals surface area contributed by atoms with Crippen LogP contribution in [0.1, 0.15) is 73.1 Å². The van der Waals surface area contributed by atoms with Crippen molar-refractivity contribution in [2.75, 3.05) is 0 Å². The minimum absolute atomic E-state index is 0.626. The second-order valence-electron chi connectivity index (χ2n) is 8.84. The van der Waals surface area contributed by atoms with E-state index in [1.165, 1.54) is 38.5 Å². The zero-order valence-corrected chi connectivity index (χ0v) is 13.0. The molecule has 4 aliphatic carbocycles. The molecule has 0 aliphatic heterocycles. The zero-order chi connectivity index (χ0) is 12.5. The van der Waals surface area contributed by atoms with E-state index in [2.05, 4.69) is 46.4 Å². The van der Waals surface area contributed by atoms with E-state index in [4.69, 9.17) is 0 Å². The first kappa shape index (κ1) is 12.4. The molecule has 4 bridgehead atoms. The van der Waals surface area contributed by atoms with Gasteiger partial charge in [-0.3, -0.25) is 0 Å². The predicted octanol–water partition coefficient (Wildman–Crippen LogP) is 5.27. The van der Waals surface area contributed by atoms with Crippen molar-refractivity contribution in [2.24, 2.45) is 16.2 Å². The van der Waals surface area contributed by atoms with E-state index in [1.54, 1.807) is 0 Å². The summed E-state index contributed by atoms with van der Waals surface area (Å²) < 4.78 is 0.626. The molecule has 0 saturated heterocycles. The Morgan fingerprint density at radius 1 is 0.706 bits per heavy atom. The molecule has 0 aromatic heterocycles. The summed E-state index contributed by atoms with van der Waals surface area (Å²) in [4.78, 5) is 0. The van der Waals surface area contributed by atoms with Gasteiger partial charge >= 0.3 is 0 Å². The number of hydrogen-bond donors (Lipinski definition) is 0. The maximum absolute atomic E-state index is 2.58. The van der Waals surface area contributed by atoms with E-state index in [0.717, 1.165) is 5.25 Å². The predicted molar refractivity (Wildman–Crippen MR) is 77.5 cm³/mol. The summed E-state index contributed by atoms with van der Waals surface area (Å²) in [5.74, 6) is 0. The Labute approximate surface area is 111 Å². The molecule has 0 heterocycles. The average molecular weight is 252 g/mol. The van der Waals surface area contributed by atoms with Gasteiger partial charge in [0, 0.05) is 4.75 Å². The highest BCUT2D eigenvalue weighted by atomic mass is 32.2. The van der Waals surface area contributed by atoms with Crippen LogP contribution in [0.4, 0.5) is 0 Å². The van der Waals surface area contributed by atoms with E-state index in [-0.39, 0.29) is 0 Å². The third-order valence-electron chi connectivity index (χ3n) is 5.29. The smallest absolute Gasteiger partial charge is 0.0178 e. The molecule has 0 aromatic rings. The highest BCUT2D eigenvalue weighted by molar-refractivity contribution is 8.01. The number of rotatable bonds is 2. The van der Waals surface area contributed by atoms with Crippen LogP contribution < -0.4 is 0 Å². The fraction of sp³-hybridized carbons (Fsp3) is 1.00. The molecule has 4 rings (SSSR count). The second kappa shape index (κ2) is 3.26.